The van der Waals surface area contributed by atoms with E-state index in [0.29, 0.717) is 25.9 Å². The second-order valence-electron chi connectivity index (χ2n) is 8.64. The third kappa shape index (κ3) is 5.35. The molecule has 1 aromatic rings. The van der Waals surface area contributed by atoms with E-state index in [-0.39, 0.29) is 24.0 Å². The van der Waals surface area contributed by atoms with Gasteiger partial charge >= 0.3 is 0 Å². The standard InChI is InChI=1S/C21H34FN3O3S/c1-15-12-19(23-29(26,27)24(2)3)20(25(15)4)14-28-21-11-10-17(13-18(21)22)16-8-6-5-7-9-16/h5-9,15,17-21,23H,10-14H2,1-4H3/t15-,17+,18?,19+,20+,21-/m1/s1. The van der Waals surface area contributed by atoms with Gasteiger partial charge in [-0.15, -0.1) is 0 Å². The Morgan fingerprint density at radius 3 is 2.52 bits per heavy atom. The SMILES string of the molecule is C[C@@H]1C[C@H](NS(=O)(=O)N(C)C)[C@H](CO[C@@H]2CC[C@H](c3ccccc3)CC2F)N1C. The van der Waals surface area contributed by atoms with E-state index in [1.807, 2.05) is 25.2 Å². The van der Waals surface area contributed by atoms with Crippen LogP contribution < -0.4 is 4.72 Å². The van der Waals surface area contributed by atoms with E-state index in [4.69, 9.17) is 4.74 Å². The lowest BCUT2D eigenvalue weighted by molar-refractivity contribution is -0.0475. The average molecular weight is 428 g/mol. The molecule has 0 spiro atoms. The van der Waals surface area contributed by atoms with E-state index in [1.54, 1.807) is 0 Å². The van der Waals surface area contributed by atoms with Gasteiger partial charge < -0.3 is 4.74 Å². The first-order chi connectivity index (χ1) is 13.7. The Balaban J connectivity index is 1.57. The van der Waals surface area contributed by atoms with Gasteiger partial charge in [0.15, 0.2) is 0 Å². The van der Waals surface area contributed by atoms with Gasteiger partial charge in [-0.25, -0.2) is 4.39 Å². The van der Waals surface area contributed by atoms with E-state index < -0.39 is 22.5 Å². The van der Waals surface area contributed by atoms with Crippen molar-refractivity contribution in [3.05, 3.63) is 35.9 Å². The number of ether oxygens (including phenoxy) is 1. The Bertz CT molecular complexity index is 762. The first-order valence-corrected chi connectivity index (χ1v) is 11.9. The van der Waals surface area contributed by atoms with E-state index in [2.05, 4.69) is 28.7 Å². The summed E-state index contributed by atoms with van der Waals surface area (Å²) in [5.41, 5.74) is 1.19. The van der Waals surface area contributed by atoms with E-state index >= 15 is 0 Å². The van der Waals surface area contributed by atoms with Crippen molar-refractivity contribution in [1.82, 2.24) is 13.9 Å². The zero-order chi connectivity index (χ0) is 21.2. The summed E-state index contributed by atoms with van der Waals surface area (Å²) in [5, 5.41) is 0. The highest BCUT2D eigenvalue weighted by molar-refractivity contribution is 7.87. The van der Waals surface area contributed by atoms with Crippen LogP contribution in [0.1, 0.15) is 44.1 Å². The molecule has 1 unspecified atom stereocenters. The molecule has 29 heavy (non-hydrogen) atoms. The number of hydrogen-bond donors (Lipinski definition) is 1. The second kappa shape index (κ2) is 9.39. The molecular weight excluding hydrogens is 393 g/mol. The Kier molecular flexibility index (Phi) is 7.32. The normalized spacial score (nSPS) is 34.0. The molecule has 2 fully saturated rings. The van der Waals surface area contributed by atoms with Gasteiger partial charge in [0.05, 0.1) is 12.7 Å². The molecule has 164 valence electrons. The van der Waals surface area contributed by atoms with Crippen molar-refractivity contribution in [2.45, 2.75) is 68.9 Å². The fourth-order valence-corrected chi connectivity index (χ4v) is 5.33. The molecule has 0 aromatic heterocycles. The Hall–Kier alpha value is -1.06. The smallest absolute Gasteiger partial charge is 0.279 e. The number of halogens is 1. The fraction of sp³-hybridized carbons (Fsp3) is 0.714. The molecule has 2 aliphatic rings. The summed E-state index contributed by atoms with van der Waals surface area (Å²) in [6.07, 6.45) is 1.34. The zero-order valence-electron chi connectivity index (χ0n) is 17.8. The quantitative estimate of drug-likeness (QED) is 0.726. The van der Waals surface area contributed by atoms with Crippen molar-refractivity contribution in [1.29, 1.82) is 0 Å². The van der Waals surface area contributed by atoms with Crippen molar-refractivity contribution in [2.24, 2.45) is 0 Å². The van der Waals surface area contributed by atoms with Crippen molar-refractivity contribution in [3.63, 3.8) is 0 Å². The summed E-state index contributed by atoms with van der Waals surface area (Å²) in [4.78, 5) is 2.13. The van der Waals surface area contributed by atoms with Gasteiger partial charge in [0.1, 0.15) is 6.17 Å². The number of nitrogens with zero attached hydrogens (tertiary/aromatic N) is 2. The van der Waals surface area contributed by atoms with Crippen LogP contribution in [-0.4, -0.2) is 75.8 Å². The highest BCUT2D eigenvalue weighted by Crippen LogP contribution is 2.36. The Morgan fingerprint density at radius 1 is 1.21 bits per heavy atom. The third-order valence-corrected chi connectivity index (χ3v) is 8.09. The van der Waals surface area contributed by atoms with Gasteiger partial charge in [-0.3, -0.25) is 4.90 Å². The van der Waals surface area contributed by atoms with Crippen LogP contribution in [0.3, 0.4) is 0 Å². The van der Waals surface area contributed by atoms with Crippen LogP contribution in [0, 0.1) is 0 Å². The van der Waals surface area contributed by atoms with E-state index in [9.17, 15) is 12.8 Å². The number of hydrogen-bond acceptors (Lipinski definition) is 4. The lowest BCUT2D eigenvalue weighted by Crippen LogP contribution is -2.50. The van der Waals surface area contributed by atoms with Gasteiger partial charge in [0.2, 0.25) is 0 Å². The number of nitrogens with one attached hydrogen (secondary N) is 1. The topological polar surface area (TPSA) is 61.9 Å². The van der Waals surface area contributed by atoms with E-state index in [1.165, 1.54) is 24.0 Å². The number of benzene rings is 1. The average Bonchev–Trinajstić information content (AvgIpc) is 2.94. The molecule has 0 amide bonds. The van der Waals surface area contributed by atoms with Gasteiger partial charge in [-0.1, -0.05) is 30.3 Å². The number of alkyl halides is 1. The molecule has 1 N–H and O–H groups in total. The number of likely N-dealkylation sites (tertiary alicyclic amines) is 1. The van der Waals surface area contributed by atoms with Gasteiger partial charge in [-0.2, -0.15) is 17.4 Å². The van der Waals surface area contributed by atoms with Crippen molar-refractivity contribution < 1.29 is 17.5 Å². The molecule has 0 radical (unpaired) electrons. The van der Waals surface area contributed by atoms with E-state index in [0.717, 1.165) is 6.42 Å². The molecule has 1 aliphatic carbocycles. The van der Waals surface area contributed by atoms with Crippen molar-refractivity contribution >= 4 is 10.2 Å². The first kappa shape index (κ1) is 22.6. The maximum atomic E-state index is 14.8. The maximum Gasteiger partial charge on any atom is 0.279 e. The fourth-order valence-electron chi connectivity index (χ4n) is 4.48. The minimum Gasteiger partial charge on any atom is -0.374 e. The maximum absolute atomic E-state index is 14.8. The lowest BCUT2D eigenvalue weighted by atomic mass is 9.81. The predicted molar refractivity (Wildman–Crippen MR) is 113 cm³/mol. The molecule has 1 aromatic carbocycles. The summed E-state index contributed by atoms with van der Waals surface area (Å²) < 4.78 is 49.4. The first-order valence-electron chi connectivity index (χ1n) is 10.4. The molecule has 3 rings (SSSR count). The predicted octanol–water partition coefficient (Wildman–Crippen LogP) is 2.53. The summed E-state index contributed by atoms with van der Waals surface area (Å²) in [6.45, 7) is 2.39. The zero-order valence-corrected chi connectivity index (χ0v) is 18.6. The van der Waals surface area contributed by atoms with Crippen molar-refractivity contribution in [3.8, 4) is 0 Å². The lowest BCUT2D eigenvalue weighted by Gasteiger charge is -2.34. The Labute approximate surface area is 174 Å². The molecule has 1 aliphatic heterocycles. The van der Waals surface area contributed by atoms with Crippen LogP contribution in [0.5, 0.6) is 0 Å². The minimum atomic E-state index is -3.53. The monoisotopic (exact) mass is 427 g/mol. The highest BCUT2D eigenvalue weighted by Gasteiger charge is 2.40. The highest BCUT2D eigenvalue weighted by atomic mass is 32.2. The second-order valence-corrected chi connectivity index (χ2v) is 10.6. The van der Waals surface area contributed by atoms with Crippen molar-refractivity contribution in [2.75, 3.05) is 27.7 Å². The summed E-state index contributed by atoms with van der Waals surface area (Å²) in [6, 6.07) is 9.97. The summed E-state index contributed by atoms with van der Waals surface area (Å²) in [5.74, 6) is 0.236. The van der Waals surface area contributed by atoms with Crippen LogP contribution >= 0.6 is 0 Å². The molecule has 1 heterocycles. The molecule has 6 nitrogen and oxygen atoms in total. The molecule has 6 atom stereocenters. The molecule has 1 saturated carbocycles. The van der Waals surface area contributed by atoms with Crippen LogP contribution in [0.4, 0.5) is 4.39 Å². The summed E-state index contributed by atoms with van der Waals surface area (Å²) in [7, 11) is 1.47. The third-order valence-electron chi connectivity index (χ3n) is 6.52. The number of likely N-dealkylation sites (N-methyl/N-ethyl adjacent to an activating group) is 1. The summed E-state index contributed by atoms with van der Waals surface area (Å²) >= 11 is 0. The van der Waals surface area contributed by atoms with Gasteiger partial charge in [0.25, 0.3) is 10.2 Å². The molecule has 8 heteroatoms. The number of rotatable bonds is 7. The van der Waals surface area contributed by atoms with Crippen LogP contribution in [0.15, 0.2) is 30.3 Å². The van der Waals surface area contributed by atoms with Gasteiger partial charge in [-0.05, 0) is 51.1 Å². The van der Waals surface area contributed by atoms with Crippen LogP contribution in [0.25, 0.3) is 0 Å². The van der Waals surface area contributed by atoms with Gasteiger partial charge in [0, 0.05) is 32.2 Å². The largest absolute Gasteiger partial charge is 0.374 e. The Morgan fingerprint density at radius 2 is 1.90 bits per heavy atom. The van der Waals surface area contributed by atoms with Crippen LogP contribution in [0.2, 0.25) is 0 Å². The van der Waals surface area contributed by atoms with Crippen LogP contribution in [-0.2, 0) is 14.9 Å². The molecule has 1 saturated heterocycles. The minimum absolute atomic E-state index is 0.112. The molecular formula is C21H34FN3O3S. The molecule has 0 bridgehead atoms.